The van der Waals surface area contributed by atoms with E-state index in [9.17, 15) is 0 Å². The molecule has 0 saturated carbocycles. The normalized spacial score (nSPS) is 15.0. The first-order valence-electron chi connectivity index (χ1n) is 9.21. The molecule has 0 aliphatic carbocycles. The van der Waals surface area contributed by atoms with E-state index in [2.05, 4.69) is 4.90 Å². The molecule has 6 nitrogen and oxygen atoms in total. The van der Waals surface area contributed by atoms with Crippen LogP contribution in [0.15, 0.2) is 40.8 Å². The molecule has 2 aromatic heterocycles. The molecule has 0 radical (unpaired) electrons. The maximum absolute atomic E-state index is 6.26. The Morgan fingerprint density at radius 2 is 1.81 bits per heavy atom. The molecule has 140 valence electrons. The fourth-order valence-corrected chi connectivity index (χ4v) is 3.32. The molecule has 0 spiro atoms. The summed E-state index contributed by atoms with van der Waals surface area (Å²) < 4.78 is 11.8. The Labute approximate surface area is 159 Å². The molecular weight excluding hydrogens is 340 g/mol. The van der Waals surface area contributed by atoms with Crippen molar-refractivity contribution in [3.63, 3.8) is 0 Å². The minimum Gasteiger partial charge on any atom is -0.434 e. The van der Waals surface area contributed by atoms with Gasteiger partial charge in [-0.1, -0.05) is 42.5 Å². The number of fused-ring (bicyclic) bond motifs is 1. The molecule has 0 atom stereocenters. The van der Waals surface area contributed by atoms with E-state index in [4.69, 9.17) is 19.1 Å². The number of hydrogen-bond donors (Lipinski definition) is 0. The molecule has 0 N–H and O–H groups in total. The van der Waals surface area contributed by atoms with Crippen LogP contribution in [0.25, 0.3) is 28.6 Å². The summed E-state index contributed by atoms with van der Waals surface area (Å²) in [7, 11) is 3.95. The summed E-state index contributed by atoms with van der Waals surface area (Å²) in [5.41, 5.74) is 3.54. The van der Waals surface area contributed by atoms with Gasteiger partial charge in [0.2, 0.25) is 5.88 Å². The van der Waals surface area contributed by atoms with Crippen LogP contribution in [0.5, 0.6) is 0 Å². The van der Waals surface area contributed by atoms with E-state index < -0.39 is 0 Å². The molecule has 0 amide bonds. The third-order valence-electron chi connectivity index (χ3n) is 4.61. The van der Waals surface area contributed by atoms with Gasteiger partial charge in [-0.3, -0.25) is 0 Å². The van der Waals surface area contributed by atoms with Crippen LogP contribution >= 0.6 is 0 Å². The van der Waals surface area contributed by atoms with Crippen molar-refractivity contribution in [3.05, 3.63) is 42.0 Å². The van der Waals surface area contributed by atoms with Gasteiger partial charge in [-0.25, -0.2) is 9.97 Å². The second-order valence-electron chi connectivity index (χ2n) is 6.73. The van der Waals surface area contributed by atoms with Gasteiger partial charge in [0.05, 0.1) is 18.8 Å². The first-order chi connectivity index (χ1) is 13.2. The summed E-state index contributed by atoms with van der Waals surface area (Å²) in [6.07, 6.45) is 4.06. The summed E-state index contributed by atoms with van der Waals surface area (Å²) in [4.78, 5) is 14.0. The molecule has 6 heteroatoms. The lowest BCUT2D eigenvalue weighted by Gasteiger charge is -2.27. The Morgan fingerprint density at radius 1 is 1.07 bits per heavy atom. The predicted octanol–water partition coefficient (Wildman–Crippen LogP) is 3.83. The number of benzene rings is 1. The van der Waals surface area contributed by atoms with Crippen LogP contribution in [0.3, 0.4) is 0 Å². The van der Waals surface area contributed by atoms with Gasteiger partial charge >= 0.3 is 0 Å². The Bertz CT molecular complexity index is 957. The summed E-state index contributed by atoms with van der Waals surface area (Å²) in [6.45, 7) is 4.96. The quantitative estimate of drug-likeness (QED) is 0.701. The lowest BCUT2D eigenvalue weighted by atomic mass is 10.2. The SMILES string of the molecule is C/C=C\c1c(N(C)C)oc2c(N3CCOCC3)nc(-c3ccccc3)nc12. The Morgan fingerprint density at radius 3 is 2.48 bits per heavy atom. The molecule has 0 bridgehead atoms. The highest BCUT2D eigenvalue weighted by molar-refractivity contribution is 5.96. The molecule has 3 heterocycles. The van der Waals surface area contributed by atoms with Crippen molar-refractivity contribution >= 4 is 28.9 Å². The van der Waals surface area contributed by atoms with Gasteiger partial charge in [-0.15, -0.1) is 0 Å². The highest BCUT2D eigenvalue weighted by Gasteiger charge is 2.24. The van der Waals surface area contributed by atoms with Crippen molar-refractivity contribution in [2.75, 3.05) is 50.2 Å². The van der Waals surface area contributed by atoms with Gasteiger partial charge in [-0.2, -0.15) is 0 Å². The number of nitrogens with zero attached hydrogens (tertiary/aromatic N) is 4. The van der Waals surface area contributed by atoms with Gasteiger partial charge in [0, 0.05) is 32.7 Å². The zero-order chi connectivity index (χ0) is 18.8. The smallest absolute Gasteiger partial charge is 0.205 e. The topological polar surface area (TPSA) is 54.6 Å². The third kappa shape index (κ3) is 3.28. The molecule has 27 heavy (non-hydrogen) atoms. The maximum atomic E-state index is 6.26. The number of rotatable bonds is 4. The number of allylic oxidation sites excluding steroid dienone is 1. The van der Waals surface area contributed by atoms with Crippen LogP contribution in [0.2, 0.25) is 0 Å². The molecule has 3 aromatic rings. The van der Waals surface area contributed by atoms with Crippen LogP contribution in [0.4, 0.5) is 11.7 Å². The lowest BCUT2D eigenvalue weighted by Crippen LogP contribution is -2.37. The summed E-state index contributed by atoms with van der Waals surface area (Å²) in [5.74, 6) is 2.33. The summed E-state index contributed by atoms with van der Waals surface area (Å²) in [6, 6.07) is 10.1. The Balaban J connectivity index is 1.99. The molecule has 1 aliphatic rings. The van der Waals surface area contributed by atoms with E-state index in [1.54, 1.807) is 0 Å². The number of hydrogen-bond acceptors (Lipinski definition) is 6. The van der Waals surface area contributed by atoms with Gasteiger partial charge in [0.15, 0.2) is 17.2 Å². The number of anilines is 2. The van der Waals surface area contributed by atoms with Crippen molar-refractivity contribution < 1.29 is 9.15 Å². The molecule has 1 fully saturated rings. The highest BCUT2D eigenvalue weighted by Crippen LogP contribution is 2.37. The monoisotopic (exact) mass is 364 g/mol. The van der Waals surface area contributed by atoms with Crippen LogP contribution in [-0.4, -0.2) is 50.4 Å². The average molecular weight is 364 g/mol. The number of furan rings is 1. The van der Waals surface area contributed by atoms with E-state index in [-0.39, 0.29) is 0 Å². The van der Waals surface area contributed by atoms with Crippen LogP contribution in [-0.2, 0) is 4.74 Å². The molecule has 1 aliphatic heterocycles. The van der Waals surface area contributed by atoms with Gasteiger partial charge in [-0.05, 0) is 6.92 Å². The van der Waals surface area contributed by atoms with Crippen molar-refractivity contribution in [1.29, 1.82) is 0 Å². The largest absolute Gasteiger partial charge is 0.434 e. The van der Waals surface area contributed by atoms with E-state index in [0.717, 1.165) is 47.0 Å². The van der Waals surface area contributed by atoms with E-state index >= 15 is 0 Å². The van der Waals surface area contributed by atoms with Crippen molar-refractivity contribution in [2.45, 2.75) is 6.92 Å². The average Bonchev–Trinajstić information content (AvgIpc) is 3.08. The zero-order valence-corrected chi connectivity index (χ0v) is 16.0. The van der Waals surface area contributed by atoms with Gasteiger partial charge in [0.25, 0.3) is 0 Å². The minimum absolute atomic E-state index is 0.690. The predicted molar refractivity (Wildman–Crippen MR) is 109 cm³/mol. The van der Waals surface area contributed by atoms with Crippen LogP contribution in [0, 0.1) is 0 Å². The van der Waals surface area contributed by atoms with Gasteiger partial charge < -0.3 is 19.0 Å². The first kappa shape index (κ1) is 17.5. The molecule has 4 rings (SSSR count). The van der Waals surface area contributed by atoms with Crippen molar-refractivity contribution in [2.24, 2.45) is 0 Å². The molecule has 1 aromatic carbocycles. The second-order valence-corrected chi connectivity index (χ2v) is 6.73. The van der Waals surface area contributed by atoms with Gasteiger partial charge in [0.1, 0.15) is 5.52 Å². The van der Waals surface area contributed by atoms with E-state index in [0.29, 0.717) is 19.0 Å². The number of morpholine rings is 1. The van der Waals surface area contributed by atoms with Crippen LogP contribution < -0.4 is 9.80 Å². The molecule has 0 unspecified atom stereocenters. The number of aromatic nitrogens is 2. The minimum atomic E-state index is 0.690. The van der Waals surface area contributed by atoms with Crippen molar-refractivity contribution in [3.8, 4) is 11.4 Å². The van der Waals surface area contributed by atoms with Crippen molar-refractivity contribution in [1.82, 2.24) is 9.97 Å². The van der Waals surface area contributed by atoms with E-state index in [1.807, 2.05) is 68.4 Å². The third-order valence-corrected chi connectivity index (χ3v) is 4.61. The summed E-state index contributed by atoms with van der Waals surface area (Å²) in [5, 5.41) is 0. The summed E-state index contributed by atoms with van der Waals surface area (Å²) >= 11 is 0. The van der Waals surface area contributed by atoms with Crippen LogP contribution in [0.1, 0.15) is 12.5 Å². The lowest BCUT2D eigenvalue weighted by molar-refractivity contribution is 0.122. The second kappa shape index (κ2) is 7.40. The maximum Gasteiger partial charge on any atom is 0.205 e. The number of ether oxygens (including phenoxy) is 1. The zero-order valence-electron chi connectivity index (χ0n) is 16.0. The fourth-order valence-electron chi connectivity index (χ4n) is 3.32. The first-order valence-corrected chi connectivity index (χ1v) is 9.21. The highest BCUT2D eigenvalue weighted by atomic mass is 16.5. The Hall–Kier alpha value is -2.86. The molecular formula is C21H24N4O2. The fraction of sp³-hybridized carbons (Fsp3) is 0.333. The molecule has 1 saturated heterocycles. The van der Waals surface area contributed by atoms with E-state index in [1.165, 1.54) is 0 Å². The Kier molecular flexibility index (Phi) is 4.81. The standard InChI is InChI=1S/C21H24N4O2/c1-4-8-16-17-18(27-21(16)24(2)3)20(25-11-13-26-14-12-25)23-19(22-17)15-9-6-5-7-10-15/h4-10H,11-14H2,1-3H3/b8-4-.